The van der Waals surface area contributed by atoms with E-state index >= 15 is 0 Å². The summed E-state index contributed by atoms with van der Waals surface area (Å²) in [5.74, 6) is 0.757. The standard InChI is InChI=1S/C18H27N3/c1-13-8-7-11-16(14(13)2)17-12-20-18(19)21(17)15-9-5-3-4-6-10-15/h7-8,11,15,17H,3-6,9-10,12H2,1-2H3,(H2,19,20). The molecule has 0 bridgehead atoms. The molecule has 0 aromatic heterocycles. The topological polar surface area (TPSA) is 41.6 Å². The average Bonchev–Trinajstić information content (AvgIpc) is 2.70. The van der Waals surface area contributed by atoms with Gasteiger partial charge in [-0.25, -0.2) is 0 Å². The molecule has 1 unspecified atom stereocenters. The third-order valence-electron chi connectivity index (χ3n) is 5.25. The van der Waals surface area contributed by atoms with Crippen LogP contribution in [0.15, 0.2) is 23.2 Å². The number of nitrogens with two attached hydrogens (primary N) is 1. The average molecular weight is 285 g/mol. The highest BCUT2D eigenvalue weighted by atomic mass is 15.3. The van der Waals surface area contributed by atoms with Gasteiger partial charge in [-0.2, -0.15) is 0 Å². The highest BCUT2D eigenvalue weighted by Gasteiger charge is 2.34. The zero-order valence-corrected chi connectivity index (χ0v) is 13.3. The number of hydrogen-bond donors (Lipinski definition) is 1. The molecule has 1 heterocycles. The molecule has 1 saturated carbocycles. The van der Waals surface area contributed by atoms with E-state index in [1.807, 2.05) is 0 Å². The molecule has 0 saturated heterocycles. The highest BCUT2D eigenvalue weighted by molar-refractivity contribution is 5.81. The van der Waals surface area contributed by atoms with Gasteiger partial charge in [-0.15, -0.1) is 0 Å². The fourth-order valence-electron chi connectivity index (χ4n) is 3.87. The van der Waals surface area contributed by atoms with Crippen LogP contribution in [0.3, 0.4) is 0 Å². The van der Waals surface area contributed by atoms with Crippen molar-refractivity contribution < 1.29 is 0 Å². The first-order valence-electron chi connectivity index (χ1n) is 8.33. The Bertz CT molecular complexity index is 527. The van der Waals surface area contributed by atoms with Gasteiger partial charge in [0.1, 0.15) is 0 Å². The number of rotatable bonds is 2. The van der Waals surface area contributed by atoms with Gasteiger partial charge in [-0.05, 0) is 43.4 Å². The number of aliphatic imine (C=N–C) groups is 1. The number of benzene rings is 1. The van der Waals surface area contributed by atoms with E-state index in [1.165, 1.54) is 55.2 Å². The lowest BCUT2D eigenvalue weighted by molar-refractivity contribution is 0.237. The Morgan fingerprint density at radius 2 is 1.81 bits per heavy atom. The summed E-state index contributed by atoms with van der Waals surface area (Å²) in [6.45, 7) is 5.23. The highest BCUT2D eigenvalue weighted by Crippen LogP contribution is 2.34. The molecule has 1 aromatic carbocycles. The zero-order chi connectivity index (χ0) is 14.8. The van der Waals surface area contributed by atoms with Crippen LogP contribution in [0.25, 0.3) is 0 Å². The first-order valence-corrected chi connectivity index (χ1v) is 8.33. The summed E-state index contributed by atoms with van der Waals surface area (Å²) >= 11 is 0. The van der Waals surface area contributed by atoms with Crippen molar-refractivity contribution in [1.29, 1.82) is 0 Å². The summed E-state index contributed by atoms with van der Waals surface area (Å²) in [5, 5.41) is 0. The van der Waals surface area contributed by atoms with E-state index in [1.54, 1.807) is 0 Å². The van der Waals surface area contributed by atoms with E-state index < -0.39 is 0 Å². The van der Waals surface area contributed by atoms with Crippen LogP contribution in [-0.2, 0) is 0 Å². The van der Waals surface area contributed by atoms with Gasteiger partial charge >= 0.3 is 0 Å². The summed E-state index contributed by atoms with van der Waals surface area (Å²) < 4.78 is 0. The smallest absolute Gasteiger partial charge is 0.192 e. The van der Waals surface area contributed by atoms with Crippen LogP contribution in [0.2, 0.25) is 0 Å². The molecular weight excluding hydrogens is 258 g/mol. The van der Waals surface area contributed by atoms with E-state index in [0.29, 0.717) is 12.1 Å². The fourth-order valence-corrected chi connectivity index (χ4v) is 3.87. The second-order valence-corrected chi connectivity index (χ2v) is 6.56. The van der Waals surface area contributed by atoms with E-state index in [-0.39, 0.29) is 0 Å². The maximum Gasteiger partial charge on any atom is 0.192 e. The van der Waals surface area contributed by atoms with Gasteiger partial charge in [-0.1, -0.05) is 43.9 Å². The van der Waals surface area contributed by atoms with Crippen LogP contribution in [0.4, 0.5) is 0 Å². The Labute approximate surface area is 128 Å². The molecular formula is C18H27N3. The zero-order valence-electron chi connectivity index (χ0n) is 13.3. The fraction of sp³-hybridized carbons (Fsp3) is 0.611. The minimum absolute atomic E-state index is 0.341. The summed E-state index contributed by atoms with van der Waals surface area (Å²) in [5.41, 5.74) is 10.4. The van der Waals surface area contributed by atoms with E-state index in [0.717, 1.165) is 12.5 Å². The molecule has 0 spiro atoms. The van der Waals surface area contributed by atoms with Gasteiger partial charge in [0, 0.05) is 6.04 Å². The number of nitrogens with zero attached hydrogens (tertiary/aromatic N) is 2. The van der Waals surface area contributed by atoms with Crippen LogP contribution in [0, 0.1) is 13.8 Å². The van der Waals surface area contributed by atoms with Crippen molar-refractivity contribution >= 4 is 5.96 Å². The number of guanidine groups is 1. The monoisotopic (exact) mass is 285 g/mol. The molecule has 3 rings (SSSR count). The number of aryl methyl sites for hydroxylation is 1. The van der Waals surface area contributed by atoms with Gasteiger partial charge in [0.2, 0.25) is 0 Å². The Hall–Kier alpha value is -1.51. The Morgan fingerprint density at radius 1 is 1.10 bits per heavy atom. The van der Waals surface area contributed by atoms with Crippen LogP contribution in [0.5, 0.6) is 0 Å². The van der Waals surface area contributed by atoms with E-state index in [4.69, 9.17) is 5.73 Å². The second-order valence-electron chi connectivity index (χ2n) is 6.56. The third kappa shape index (κ3) is 2.78. The SMILES string of the molecule is Cc1cccc(C2CN=C(N)N2C2CCCCCC2)c1C. The van der Waals surface area contributed by atoms with E-state index in [9.17, 15) is 0 Å². The van der Waals surface area contributed by atoms with Crippen LogP contribution >= 0.6 is 0 Å². The molecule has 114 valence electrons. The van der Waals surface area contributed by atoms with Crippen molar-refractivity contribution in [1.82, 2.24) is 4.90 Å². The molecule has 2 aliphatic rings. The first kappa shape index (κ1) is 14.4. The Kier molecular flexibility index (Phi) is 4.18. The summed E-state index contributed by atoms with van der Waals surface area (Å²) in [6.07, 6.45) is 7.92. The van der Waals surface area contributed by atoms with Crippen molar-refractivity contribution in [3.05, 3.63) is 34.9 Å². The second kappa shape index (κ2) is 6.08. The third-order valence-corrected chi connectivity index (χ3v) is 5.25. The van der Waals surface area contributed by atoms with Crippen molar-refractivity contribution in [3.8, 4) is 0 Å². The predicted molar refractivity (Wildman–Crippen MR) is 88.5 cm³/mol. The van der Waals surface area contributed by atoms with Crippen molar-refractivity contribution in [3.63, 3.8) is 0 Å². The van der Waals surface area contributed by atoms with Crippen molar-refractivity contribution in [2.24, 2.45) is 10.7 Å². The molecule has 3 heteroatoms. The summed E-state index contributed by atoms with van der Waals surface area (Å²) in [7, 11) is 0. The first-order chi connectivity index (χ1) is 10.2. The minimum atomic E-state index is 0.341. The lowest BCUT2D eigenvalue weighted by Crippen LogP contribution is -2.43. The Balaban J connectivity index is 1.89. The van der Waals surface area contributed by atoms with Crippen LogP contribution in [0.1, 0.15) is 61.3 Å². The predicted octanol–water partition coefficient (Wildman–Crippen LogP) is 3.70. The maximum atomic E-state index is 6.25. The number of hydrogen-bond acceptors (Lipinski definition) is 3. The van der Waals surface area contributed by atoms with Gasteiger partial charge in [0.15, 0.2) is 5.96 Å². The maximum absolute atomic E-state index is 6.25. The summed E-state index contributed by atoms with van der Waals surface area (Å²) in [6, 6.07) is 7.52. The Morgan fingerprint density at radius 3 is 2.52 bits per heavy atom. The normalized spacial score (nSPS) is 24.0. The summed E-state index contributed by atoms with van der Waals surface area (Å²) in [4.78, 5) is 7.00. The quantitative estimate of drug-likeness (QED) is 0.842. The van der Waals surface area contributed by atoms with Crippen LogP contribution < -0.4 is 5.73 Å². The molecule has 0 radical (unpaired) electrons. The molecule has 1 fully saturated rings. The van der Waals surface area contributed by atoms with Gasteiger partial charge in [0.05, 0.1) is 12.6 Å². The van der Waals surface area contributed by atoms with Gasteiger partial charge in [-0.3, -0.25) is 4.99 Å². The van der Waals surface area contributed by atoms with Crippen LogP contribution in [-0.4, -0.2) is 23.4 Å². The molecule has 3 nitrogen and oxygen atoms in total. The lowest BCUT2D eigenvalue weighted by atomic mass is 9.95. The molecule has 1 aromatic rings. The van der Waals surface area contributed by atoms with Crippen molar-refractivity contribution in [2.75, 3.05) is 6.54 Å². The molecule has 1 aliphatic heterocycles. The minimum Gasteiger partial charge on any atom is -0.370 e. The van der Waals surface area contributed by atoms with E-state index in [2.05, 4.69) is 41.9 Å². The van der Waals surface area contributed by atoms with Gasteiger partial charge in [0.25, 0.3) is 0 Å². The lowest BCUT2D eigenvalue weighted by Gasteiger charge is -2.35. The van der Waals surface area contributed by atoms with Gasteiger partial charge < -0.3 is 10.6 Å². The van der Waals surface area contributed by atoms with Crippen molar-refractivity contribution in [2.45, 2.75) is 64.5 Å². The molecule has 0 amide bonds. The largest absolute Gasteiger partial charge is 0.370 e. The molecule has 1 aliphatic carbocycles. The molecule has 21 heavy (non-hydrogen) atoms. The molecule has 1 atom stereocenters. The molecule has 2 N–H and O–H groups in total.